The van der Waals surface area contributed by atoms with Gasteiger partial charge in [-0.3, -0.25) is 19.7 Å². The molecule has 2 aromatic rings. The smallest absolute Gasteiger partial charge is 0.419 e. The summed E-state index contributed by atoms with van der Waals surface area (Å²) in [5.41, 5.74) is 0.894. The Bertz CT molecular complexity index is 2130. The lowest BCUT2D eigenvalue weighted by Gasteiger charge is -2.29. The van der Waals surface area contributed by atoms with Crippen molar-refractivity contribution in [3.8, 4) is 5.75 Å². The molecule has 0 saturated carbocycles. The number of carbonyl (C=O) groups is 6. The highest BCUT2D eigenvalue weighted by molar-refractivity contribution is 6.31. The number of carbonyl (C=O) groups excluding carboxylic acids is 6. The minimum Gasteiger partial charge on any atom is -0.491 e. The molecule has 0 bridgehead atoms. The number of fused-ring (bicyclic) bond motifs is 1. The second-order valence-electron chi connectivity index (χ2n) is 19.5. The molecule has 0 aromatic heterocycles. The molecule has 1 unspecified atom stereocenters. The number of imide groups is 2. The molecule has 3 N–H and O–H groups in total. The molecular formula is C53H80ClN5O19. The Morgan fingerprint density at radius 1 is 0.615 bits per heavy atom. The number of benzene rings is 2. The van der Waals surface area contributed by atoms with E-state index in [1.54, 1.807) is 71.9 Å². The summed E-state index contributed by atoms with van der Waals surface area (Å²) in [7, 11) is 0. The Labute approximate surface area is 461 Å². The Morgan fingerprint density at radius 3 is 1.51 bits per heavy atom. The Balaban J connectivity index is 0.857. The number of urea groups is 1. The molecule has 0 aliphatic carbocycles. The van der Waals surface area contributed by atoms with E-state index in [1.165, 1.54) is 4.90 Å². The van der Waals surface area contributed by atoms with Crippen LogP contribution in [0.5, 0.6) is 5.75 Å². The summed E-state index contributed by atoms with van der Waals surface area (Å²) >= 11 is 6.29. The minimum atomic E-state index is -0.799. The standard InChI is InChI=1S/C53H80ClN5O19/c1-52(2,3)77-50(64)58(51(65)78-53(4,5)6)11-12-66-13-14-67-15-16-68-17-18-69-19-20-70-21-22-71-23-24-72-25-26-73-27-28-74-29-30-75-31-32-76-43-35-41(54)34-42(36-43)56-49(63)55-37-39-7-8-44-40(33-39)38-59(48(44)62)45-9-10-46(60)57-47(45)61/h7-8,33-36,45H,9-32,37-38H2,1-6H3,(H2,55,56,63)(H,57,60,61). The average Bonchev–Trinajstić information content (AvgIpc) is 3.77. The Kier molecular flexibility index (Phi) is 30.2. The normalized spacial score (nSPS) is 14.5. The summed E-state index contributed by atoms with van der Waals surface area (Å²) in [6.07, 6.45) is -1.14. The van der Waals surface area contributed by atoms with Gasteiger partial charge in [0.15, 0.2) is 0 Å². The summed E-state index contributed by atoms with van der Waals surface area (Å²) in [5, 5.41) is 8.22. The molecule has 4 rings (SSSR count). The van der Waals surface area contributed by atoms with Gasteiger partial charge in [0.05, 0.1) is 139 Å². The lowest BCUT2D eigenvalue weighted by atomic mass is 10.0. The first-order valence-electron chi connectivity index (χ1n) is 26.1. The first-order chi connectivity index (χ1) is 37.4. The highest BCUT2D eigenvalue weighted by Gasteiger charge is 2.39. The van der Waals surface area contributed by atoms with Gasteiger partial charge in [-0.1, -0.05) is 23.7 Å². The van der Waals surface area contributed by atoms with E-state index in [-0.39, 0.29) is 64.1 Å². The third-order valence-electron chi connectivity index (χ3n) is 10.7. The van der Waals surface area contributed by atoms with Gasteiger partial charge in [-0.2, -0.15) is 0 Å². The van der Waals surface area contributed by atoms with Crippen LogP contribution in [0.15, 0.2) is 36.4 Å². The number of anilines is 1. The monoisotopic (exact) mass is 1130 g/mol. The third kappa shape index (κ3) is 27.6. The van der Waals surface area contributed by atoms with Gasteiger partial charge in [-0.05, 0) is 77.3 Å². The van der Waals surface area contributed by atoms with Crippen LogP contribution in [0, 0.1) is 0 Å². The van der Waals surface area contributed by atoms with Crippen molar-refractivity contribution >= 4 is 53.2 Å². The summed E-state index contributed by atoms with van der Waals surface area (Å²) < 4.78 is 71.7. The van der Waals surface area contributed by atoms with Crippen LogP contribution in [-0.2, 0) is 79.5 Å². The molecule has 0 spiro atoms. The number of amides is 7. The van der Waals surface area contributed by atoms with E-state index < -0.39 is 41.4 Å². The zero-order valence-corrected chi connectivity index (χ0v) is 46.7. The molecule has 0 radical (unpaired) electrons. The number of rotatable bonds is 38. The lowest BCUT2D eigenvalue weighted by molar-refractivity contribution is -0.136. The van der Waals surface area contributed by atoms with Gasteiger partial charge >= 0.3 is 18.2 Å². The van der Waals surface area contributed by atoms with Crippen molar-refractivity contribution in [3.05, 3.63) is 58.1 Å². The summed E-state index contributed by atoms with van der Waals surface area (Å²) in [5.74, 6) is -0.623. The van der Waals surface area contributed by atoms with Gasteiger partial charge in [-0.15, -0.1) is 0 Å². The Morgan fingerprint density at radius 2 is 1.06 bits per heavy atom. The number of ether oxygens (including phenoxy) is 13. The van der Waals surface area contributed by atoms with Gasteiger partial charge in [-0.25, -0.2) is 19.3 Å². The molecule has 1 atom stereocenters. The van der Waals surface area contributed by atoms with E-state index >= 15 is 0 Å². The van der Waals surface area contributed by atoms with Crippen molar-refractivity contribution in [1.82, 2.24) is 20.4 Å². The number of halogens is 1. The van der Waals surface area contributed by atoms with Crippen molar-refractivity contribution < 1.29 is 90.3 Å². The summed E-state index contributed by atoms with van der Waals surface area (Å²) in [6, 6.07) is 8.95. The van der Waals surface area contributed by atoms with Crippen molar-refractivity contribution in [3.63, 3.8) is 0 Å². The average molecular weight is 1130 g/mol. The summed E-state index contributed by atoms with van der Waals surface area (Å²) in [6.45, 7) is 18.6. The topological polar surface area (TPSA) is 265 Å². The SMILES string of the molecule is CC(C)(C)OC(=O)N(CCOCCOCCOCCOCCOCCOCCOCCOCCOCCOCCOc1cc(Cl)cc(NC(=O)NCc2ccc3c(c2)CN(C2CCC(=O)NC2=O)C3=O)c1)C(=O)OC(C)(C)C. The molecule has 24 nitrogen and oxygen atoms in total. The van der Waals surface area contributed by atoms with Gasteiger partial charge in [0.2, 0.25) is 11.8 Å². The molecule has 1 saturated heterocycles. The largest absolute Gasteiger partial charge is 0.491 e. The van der Waals surface area contributed by atoms with Gasteiger partial charge in [0, 0.05) is 41.9 Å². The van der Waals surface area contributed by atoms with E-state index in [2.05, 4.69) is 16.0 Å². The zero-order chi connectivity index (χ0) is 56.6. The van der Waals surface area contributed by atoms with Crippen LogP contribution in [0.3, 0.4) is 0 Å². The molecular weight excluding hydrogens is 1050 g/mol. The van der Waals surface area contributed by atoms with Crippen LogP contribution >= 0.6 is 11.6 Å². The zero-order valence-electron chi connectivity index (χ0n) is 46.0. The molecule has 2 aliphatic rings. The molecule has 438 valence electrons. The highest BCUT2D eigenvalue weighted by Crippen LogP contribution is 2.29. The fourth-order valence-corrected chi connectivity index (χ4v) is 7.39. The van der Waals surface area contributed by atoms with Crippen LogP contribution in [0.25, 0.3) is 0 Å². The van der Waals surface area contributed by atoms with Gasteiger partial charge in [0.1, 0.15) is 29.6 Å². The second kappa shape index (κ2) is 36.1. The summed E-state index contributed by atoms with van der Waals surface area (Å²) in [4.78, 5) is 77.1. The lowest BCUT2D eigenvalue weighted by Crippen LogP contribution is -2.52. The van der Waals surface area contributed by atoms with Gasteiger partial charge < -0.3 is 77.1 Å². The number of nitrogens with zero attached hydrogens (tertiary/aromatic N) is 2. The van der Waals surface area contributed by atoms with Crippen LogP contribution in [0.2, 0.25) is 5.02 Å². The molecule has 2 heterocycles. The molecule has 25 heteroatoms. The maximum atomic E-state index is 13.0. The van der Waals surface area contributed by atoms with Crippen LogP contribution in [0.4, 0.5) is 20.1 Å². The number of nitrogens with one attached hydrogen (secondary N) is 3. The number of piperidine rings is 1. The van der Waals surface area contributed by atoms with Crippen molar-refractivity contribution in [1.29, 1.82) is 0 Å². The molecule has 2 aliphatic heterocycles. The van der Waals surface area contributed by atoms with Crippen LogP contribution in [-0.4, -0.2) is 208 Å². The minimum absolute atomic E-state index is 0.0268. The van der Waals surface area contributed by atoms with Crippen molar-refractivity contribution in [2.75, 3.05) is 151 Å². The molecule has 7 amide bonds. The fraction of sp³-hybridized carbons (Fsp3) is 0.660. The van der Waals surface area contributed by atoms with E-state index in [9.17, 15) is 28.8 Å². The number of hydrogen-bond donors (Lipinski definition) is 3. The van der Waals surface area contributed by atoms with Gasteiger partial charge in [0.25, 0.3) is 5.91 Å². The van der Waals surface area contributed by atoms with E-state index in [0.29, 0.717) is 141 Å². The fourth-order valence-electron chi connectivity index (χ4n) is 7.16. The highest BCUT2D eigenvalue weighted by atomic mass is 35.5. The van der Waals surface area contributed by atoms with E-state index in [0.717, 1.165) is 16.0 Å². The maximum absolute atomic E-state index is 13.0. The third-order valence-corrected chi connectivity index (χ3v) is 10.9. The quantitative estimate of drug-likeness (QED) is 0.0580. The maximum Gasteiger partial charge on any atom is 0.419 e. The van der Waals surface area contributed by atoms with E-state index in [4.69, 9.17) is 73.2 Å². The molecule has 78 heavy (non-hydrogen) atoms. The first kappa shape index (κ1) is 65.3. The van der Waals surface area contributed by atoms with Crippen molar-refractivity contribution in [2.24, 2.45) is 0 Å². The van der Waals surface area contributed by atoms with Crippen LogP contribution in [0.1, 0.15) is 75.9 Å². The molecule has 2 aromatic carbocycles. The van der Waals surface area contributed by atoms with Crippen molar-refractivity contribution in [2.45, 2.75) is 84.7 Å². The van der Waals surface area contributed by atoms with E-state index in [1.807, 2.05) is 6.07 Å². The number of hydrogen-bond acceptors (Lipinski definition) is 19. The Hall–Kier alpha value is -5.25. The second-order valence-corrected chi connectivity index (χ2v) is 19.9. The molecule has 1 fully saturated rings. The van der Waals surface area contributed by atoms with Crippen LogP contribution < -0.4 is 20.7 Å². The predicted octanol–water partition coefficient (Wildman–Crippen LogP) is 5.14. The predicted molar refractivity (Wildman–Crippen MR) is 283 cm³/mol. The first-order valence-corrected chi connectivity index (χ1v) is 26.5.